The molecule has 0 aliphatic carbocycles. The molecule has 7 heteroatoms. The van der Waals surface area contributed by atoms with E-state index in [1.54, 1.807) is 0 Å². The summed E-state index contributed by atoms with van der Waals surface area (Å²) in [6.07, 6.45) is 0.629. The summed E-state index contributed by atoms with van der Waals surface area (Å²) in [5.74, 6) is -1.20. The second-order valence-corrected chi connectivity index (χ2v) is 3.66. The van der Waals surface area contributed by atoms with E-state index in [4.69, 9.17) is 4.74 Å². The van der Waals surface area contributed by atoms with Gasteiger partial charge in [0.1, 0.15) is 6.61 Å². The van der Waals surface area contributed by atoms with Gasteiger partial charge in [0.2, 0.25) is 0 Å². The molecule has 0 aliphatic heterocycles. The summed E-state index contributed by atoms with van der Waals surface area (Å²) in [6.45, 7) is 0.327. The summed E-state index contributed by atoms with van der Waals surface area (Å²) in [5, 5.41) is 0. The van der Waals surface area contributed by atoms with Crippen LogP contribution in [0.3, 0.4) is 0 Å². The van der Waals surface area contributed by atoms with E-state index in [0.29, 0.717) is 24.1 Å². The van der Waals surface area contributed by atoms with Crippen LogP contribution in [0.15, 0.2) is 30.4 Å². The molecule has 0 aliphatic rings. The Morgan fingerprint density at radius 2 is 1.94 bits per heavy atom. The topological polar surface area (TPSA) is 9.23 Å². The fourth-order valence-electron chi connectivity index (χ4n) is 1.12. The van der Waals surface area contributed by atoms with Gasteiger partial charge in [-0.05, 0) is 24.1 Å². The minimum Gasteiger partial charge on any atom is -0.486 e. The van der Waals surface area contributed by atoms with E-state index >= 15 is 0 Å². The van der Waals surface area contributed by atoms with Crippen molar-refractivity contribution < 1.29 is 73.5 Å². The quantitative estimate of drug-likeness (QED) is 0.428. The van der Waals surface area contributed by atoms with Crippen molar-refractivity contribution in [1.82, 2.24) is 0 Å². The van der Waals surface area contributed by atoms with E-state index in [9.17, 15) is 17.3 Å². The average molecular weight is 286 g/mol. The zero-order chi connectivity index (χ0) is 13.1. The Balaban J connectivity index is 0.00000289. The number of rotatable bonds is 5. The van der Waals surface area contributed by atoms with Gasteiger partial charge in [-0.1, -0.05) is 19.6 Å². The first-order valence-corrected chi connectivity index (χ1v) is 5.13. The largest absolute Gasteiger partial charge is 1.00 e. The molecule has 0 bridgehead atoms. The molecule has 0 radical (unpaired) electrons. The summed E-state index contributed by atoms with van der Waals surface area (Å²) in [4.78, 5) is 0. The van der Waals surface area contributed by atoms with E-state index in [-0.39, 0.29) is 58.0 Å². The fraction of sp³-hybridized carbons (Fsp3) is 0.273. The van der Waals surface area contributed by atoms with Crippen LogP contribution in [0.2, 0.25) is 0 Å². The summed E-state index contributed by atoms with van der Waals surface area (Å²) in [7, 11) is 0. The van der Waals surface area contributed by atoms with Crippen LogP contribution in [0.1, 0.15) is 13.3 Å². The van der Waals surface area contributed by atoms with Crippen LogP contribution in [-0.2, 0) is 0 Å². The molecule has 1 aromatic rings. The van der Waals surface area contributed by atoms with Crippen LogP contribution in [0.25, 0.3) is 0 Å². The number of benzene rings is 1. The fourth-order valence-corrected chi connectivity index (χ4v) is 1.12. The molecule has 0 heterocycles. The monoisotopic (exact) mass is 286 g/mol. The molecule has 94 valence electrons. The first-order chi connectivity index (χ1) is 7.84. The Hall–Kier alpha value is 0.181. The van der Waals surface area contributed by atoms with Gasteiger partial charge in [0.25, 0.3) is 0 Å². The first-order valence-electron chi connectivity index (χ1n) is 5.13. The Bertz CT molecular complexity index is 420. The van der Waals surface area contributed by atoms with Crippen LogP contribution in [0.4, 0.5) is 17.3 Å². The maximum atomic E-state index is 13.2. The average Bonchev–Trinajstić information content (AvgIpc) is 2.26. The Labute approximate surface area is 146 Å². The molecule has 0 amide bonds. The molecule has 0 fully saturated rings. The van der Waals surface area contributed by atoms with Crippen LogP contribution < -0.4 is 61.6 Å². The van der Waals surface area contributed by atoms with Crippen molar-refractivity contribution in [2.24, 2.45) is 0 Å². The van der Waals surface area contributed by atoms with E-state index in [1.165, 1.54) is 0 Å². The zero-order valence-corrected chi connectivity index (χ0v) is 13.5. The third-order valence-electron chi connectivity index (χ3n) is 2.27. The van der Waals surface area contributed by atoms with Crippen molar-refractivity contribution in [3.63, 3.8) is 0 Å². The standard InChI is InChI=1S/C11H12BF4O.K/c1-3-8(2)7-17-11-6-9(12(14,15)16)4-5-10(11)13;/h4-6H,2-3,7H2,1H3;/q-1;+1. The van der Waals surface area contributed by atoms with Crippen molar-refractivity contribution in [2.45, 2.75) is 13.3 Å². The Morgan fingerprint density at radius 1 is 1.33 bits per heavy atom. The molecule has 1 nitrogen and oxygen atoms in total. The number of ether oxygens (including phenoxy) is 1. The molecule has 0 saturated heterocycles. The molecule has 0 aromatic heterocycles. The predicted octanol–water partition coefficient (Wildman–Crippen LogP) is 0.229. The number of hydrogen-bond donors (Lipinski definition) is 0. The number of halogens is 4. The Kier molecular flexibility index (Phi) is 7.77. The van der Waals surface area contributed by atoms with Gasteiger partial charge in [-0.25, -0.2) is 4.39 Å². The number of hydrogen-bond acceptors (Lipinski definition) is 1. The van der Waals surface area contributed by atoms with Crippen LogP contribution >= 0.6 is 0 Å². The van der Waals surface area contributed by atoms with Crippen molar-refractivity contribution in [1.29, 1.82) is 0 Å². The minimum atomic E-state index is -5.14. The maximum Gasteiger partial charge on any atom is 1.00 e. The van der Waals surface area contributed by atoms with Gasteiger partial charge in [-0.3, -0.25) is 0 Å². The van der Waals surface area contributed by atoms with E-state index in [2.05, 4.69) is 6.58 Å². The van der Waals surface area contributed by atoms with Gasteiger partial charge in [0.15, 0.2) is 11.6 Å². The zero-order valence-electron chi connectivity index (χ0n) is 10.4. The summed E-state index contributed by atoms with van der Waals surface area (Å²) in [5.41, 5.74) is -0.184. The van der Waals surface area contributed by atoms with Crippen molar-refractivity contribution in [3.8, 4) is 5.75 Å². The van der Waals surface area contributed by atoms with Gasteiger partial charge in [0.05, 0.1) is 0 Å². The molecule has 18 heavy (non-hydrogen) atoms. The molecule has 0 unspecified atom stereocenters. The van der Waals surface area contributed by atoms with Crippen LogP contribution in [0.5, 0.6) is 5.75 Å². The molecule has 1 rings (SSSR count). The van der Waals surface area contributed by atoms with Crippen molar-refractivity contribution in [2.75, 3.05) is 6.61 Å². The van der Waals surface area contributed by atoms with Crippen LogP contribution in [0, 0.1) is 5.82 Å². The van der Waals surface area contributed by atoms with Gasteiger partial charge < -0.3 is 17.7 Å². The molecular formula is C11H12BF4KO. The van der Waals surface area contributed by atoms with Crippen molar-refractivity contribution >= 4 is 12.4 Å². The van der Waals surface area contributed by atoms with Crippen molar-refractivity contribution in [3.05, 3.63) is 36.2 Å². The molecule has 0 saturated carbocycles. The third-order valence-corrected chi connectivity index (χ3v) is 2.27. The molecule has 0 N–H and O–H groups in total. The van der Waals surface area contributed by atoms with E-state index < -0.39 is 24.0 Å². The molecule has 1 aromatic carbocycles. The third kappa shape index (κ3) is 5.44. The van der Waals surface area contributed by atoms with E-state index in [1.807, 2.05) is 6.92 Å². The van der Waals surface area contributed by atoms with Gasteiger partial charge in [-0.15, -0.1) is 5.46 Å². The maximum absolute atomic E-state index is 13.2. The van der Waals surface area contributed by atoms with Crippen LogP contribution in [-0.4, -0.2) is 13.6 Å². The normalized spacial score (nSPS) is 10.7. The van der Waals surface area contributed by atoms with Gasteiger partial charge >= 0.3 is 58.4 Å². The molecule has 0 atom stereocenters. The SMILES string of the molecule is C=C(CC)COc1cc([B-](F)(F)F)ccc1F.[K+]. The summed E-state index contributed by atoms with van der Waals surface area (Å²) < 4.78 is 55.5. The molecular weight excluding hydrogens is 274 g/mol. The smallest absolute Gasteiger partial charge is 0.486 e. The second-order valence-electron chi connectivity index (χ2n) is 3.66. The second kappa shape index (κ2) is 7.69. The van der Waals surface area contributed by atoms with Gasteiger partial charge in [0, 0.05) is 0 Å². The Morgan fingerprint density at radius 3 is 2.44 bits per heavy atom. The minimum absolute atomic E-state index is 0. The summed E-state index contributed by atoms with van der Waals surface area (Å²) >= 11 is 0. The predicted molar refractivity (Wildman–Crippen MR) is 60.0 cm³/mol. The first kappa shape index (κ1) is 18.2. The van der Waals surface area contributed by atoms with E-state index in [0.717, 1.165) is 6.07 Å². The van der Waals surface area contributed by atoms with Gasteiger partial charge in [-0.2, -0.15) is 0 Å². The summed E-state index contributed by atoms with van der Waals surface area (Å²) in [6, 6.07) is 2.14. The molecule has 0 spiro atoms.